The minimum absolute atomic E-state index is 0.143. The minimum Gasteiger partial charge on any atom is -0.497 e. The normalized spacial score (nSPS) is 18.8. The molecule has 2 N–H and O–H groups in total. The number of nitrogens with one attached hydrogen (secondary N) is 1. The number of methoxy groups -OCH3 is 1. The summed E-state index contributed by atoms with van der Waals surface area (Å²) < 4.78 is 5.04. The van der Waals surface area contributed by atoms with Crippen molar-refractivity contribution in [2.75, 3.05) is 7.11 Å². The van der Waals surface area contributed by atoms with Crippen molar-refractivity contribution in [3.63, 3.8) is 0 Å². The van der Waals surface area contributed by atoms with E-state index in [1.54, 1.807) is 31.4 Å². The van der Waals surface area contributed by atoms with Crippen molar-refractivity contribution in [1.29, 1.82) is 0 Å². The van der Waals surface area contributed by atoms with Gasteiger partial charge in [0.25, 0.3) is 0 Å². The van der Waals surface area contributed by atoms with Crippen molar-refractivity contribution >= 4 is 11.9 Å². The van der Waals surface area contributed by atoms with E-state index in [9.17, 15) is 14.7 Å². The molecule has 1 amide bonds. The van der Waals surface area contributed by atoms with Gasteiger partial charge >= 0.3 is 5.97 Å². The highest BCUT2D eigenvalue weighted by Gasteiger charge is 2.26. The highest BCUT2D eigenvalue weighted by molar-refractivity contribution is 5.86. The van der Waals surface area contributed by atoms with Crippen LogP contribution in [0.1, 0.15) is 30.9 Å². The molecule has 0 heterocycles. The van der Waals surface area contributed by atoms with Crippen molar-refractivity contribution in [1.82, 2.24) is 5.32 Å². The second kappa shape index (κ2) is 6.92. The average molecular weight is 289 g/mol. The third kappa shape index (κ3) is 3.84. The first-order chi connectivity index (χ1) is 10.1. The molecule has 1 aliphatic rings. The Hall–Kier alpha value is -2.30. The topological polar surface area (TPSA) is 75.6 Å². The van der Waals surface area contributed by atoms with Crippen LogP contribution in [0.4, 0.5) is 0 Å². The molecular formula is C16H19NO4. The average Bonchev–Trinajstić information content (AvgIpc) is 2.53. The molecule has 2 unspecified atom stereocenters. The first kappa shape index (κ1) is 15.1. The summed E-state index contributed by atoms with van der Waals surface area (Å²) in [5.41, 5.74) is 0.531. The molecule has 0 radical (unpaired) electrons. The van der Waals surface area contributed by atoms with Gasteiger partial charge in [-0.05, 0) is 37.0 Å². The third-order valence-corrected chi connectivity index (χ3v) is 3.62. The van der Waals surface area contributed by atoms with Crippen LogP contribution in [-0.2, 0) is 9.59 Å². The van der Waals surface area contributed by atoms with E-state index >= 15 is 0 Å². The lowest BCUT2D eigenvalue weighted by Crippen LogP contribution is -2.38. The predicted octanol–water partition coefficient (Wildman–Crippen LogP) is 2.29. The van der Waals surface area contributed by atoms with E-state index < -0.39 is 12.0 Å². The fraction of sp³-hybridized carbons (Fsp3) is 0.375. The largest absolute Gasteiger partial charge is 0.497 e. The first-order valence-electron chi connectivity index (χ1n) is 6.94. The molecule has 0 aromatic heterocycles. The molecule has 112 valence electrons. The Bertz CT molecular complexity index is 536. The van der Waals surface area contributed by atoms with E-state index in [2.05, 4.69) is 5.32 Å². The lowest BCUT2D eigenvalue weighted by atomic mass is 9.93. The Labute approximate surface area is 123 Å². The van der Waals surface area contributed by atoms with E-state index in [-0.39, 0.29) is 11.8 Å². The molecule has 0 bridgehead atoms. The van der Waals surface area contributed by atoms with E-state index in [1.807, 2.05) is 12.2 Å². The summed E-state index contributed by atoms with van der Waals surface area (Å²) in [6.07, 6.45) is 6.30. The zero-order valence-electron chi connectivity index (χ0n) is 11.9. The minimum atomic E-state index is -1.07. The molecule has 0 fully saturated rings. The number of rotatable bonds is 5. The maximum Gasteiger partial charge on any atom is 0.330 e. The predicted molar refractivity (Wildman–Crippen MR) is 78.0 cm³/mol. The van der Waals surface area contributed by atoms with Crippen molar-refractivity contribution in [2.24, 2.45) is 5.92 Å². The number of carboxylic acids is 1. The second-order valence-corrected chi connectivity index (χ2v) is 5.03. The zero-order valence-corrected chi connectivity index (χ0v) is 11.9. The number of carboxylic acid groups (broad SMARTS) is 1. The molecule has 2 rings (SSSR count). The number of allylic oxidation sites excluding steroid dienone is 2. The number of aliphatic carboxylic acids is 1. The molecule has 0 saturated heterocycles. The molecule has 21 heavy (non-hydrogen) atoms. The van der Waals surface area contributed by atoms with Crippen LogP contribution >= 0.6 is 0 Å². The molecule has 0 saturated carbocycles. The van der Waals surface area contributed by atoms with Crippen LogP contribution in [0, 0.1) is 5.92 Å². The van der Waals surface area contributed by atoms with Gasteiger partial charge in [-0.2, -0.15) is 0 Å². The number of hydrogen-bond acceptors (Lipinski definition) is 3. The number of carbonyl (C=O) groups excluding carboxylic acids is 1. The van der Waals surface area contributed by atoms with Gasteiger partial charge in [0.2, 0.25) is 5.91 Å². The fourth-order valence-electron chi connectivity index (χ4n) is 2.38. The number of carbonyl (C=O) groups is 2. The summed E-state index contributed by atoms with van der Waals surface area (Å²) in [5, 5.41) is 12.0. The van der Waals surface area contributed by atoms with Gasteiger partial charge in [-0.3, -0.25) is 4.79 Å². The Morgan fingerprint density at radius 1 is 1.29 bits per heavy atom. The zero-order chi connectivity index (χ0) is 15.2. The summed E-state index contributed by atoms with van der Waals surface area (Å²) in [6.45, 7) is 0. The molecule has 2 atom stereocenters. The van der Waals surface area contributed by atoms with Crippen LogP contribution in [0.5, 0.6) is 5.75 Å². The lowest BCUT2D eigenvalue weighted by molar-refractivity contribution is -0.142. The number of ether oxygens (including phenoxy) is 1. The van der Waals surface area contributed by atoms with Gasteiger partial charge in [0.1, 0.15) is 5.75 Å². The van der Waals surface area contributed by atoms with Crippen LogP contribution < -0.4 is 10.1 Å². The lowest BCUT2D eigenvalue weighted by Gasteiger charge is -2.21. The summed E-state index contributed by atoms with van der Waals surface area (Å²) in [6, 6.07) is 5.63. The molecule has 1 aromatic rings. The van der Waals surface area contributed by atoms with Crippen LogP contribution in [0.2, 0.25) is 0 Å². The summed E-state index contributed by atoms with van der Waals surface area (Å²) >= 11 is 0. The van der Waals surface area contributed by atoms with Gasteiger partial charge in [-0.25, -0.2) is 4.79 Å². The maximum absolute atomic E-state index is 12.2. The number of hydrogen-bond donors (Lipinski definition) is 2. The standard InChI is InChI=1S/C16H19NO4/c1-21-13-9-7-11(8-10-13)14(16(19)20)17-15(18)12-5-3-2-4-6-12/h2-3,7-10,12,14H,4-6H2,1H3,(H,17,18)(H,19,20). The summed E-state index contributed by atoms with van der Waals surface area (Å²) in [5.74, 6) is -0.774. The van der Waals surface area contributed by atoms with Gasteiger partial charge in [-0.15, -0.1) is 0 Å². The van der Waals surface area contributed by atoms with Gasteiger partial charge in [0, 0.05) is 5.92 Å². The molecule has 1 aromatic carbocycles. The van der Waals surface area contributed by atoms with E-state index in [1.165, 1.54) is 0 Å². The number of benzene rings is 1. The van der Waals surface area contributed by atoms with Crippen LogP contribution in [-0.4, -0.2) is 24.1 Å². The van der Waals surface area contributed by atoms with E-state index in [0.717, 1.165) is 12.8 Å². The monoisotopic (exact) mass is 289 g/mol. The molecular weight excluding hydrogens is 270 g/mol. The molecule has 0 spiro atoms. The quantitative estimate of drug-likeness (QED) is 0.815. The summed E-state index contributed by atoms with van der Waals surface area (Å²) in [4.78, 5) is 23.6. The molecule has 1 aliphatic carbocycles. The van der Waals surface area contributed by atoms with Crippen LogP contribution in [0.15, 0.2) is 36.4 Å². The van der Waals surface area contributed by atoms with Crippen molar-refractivity contribution in [3.8, 4) is 5.75 Å². The molecule has 5 heteroatoms. The van der Waals surface area contributed by atoms with Crippen molar-refractivity contribution in [2.45, 2.75) is 25.3 Å². The van der Waals surface area contributed by atoms with E-state index in [0.29, 0.717) is 17.7 Å². The Kier molecular flexibility index (Phi) is 4.98. The Morgan fingerprint density at radius 3 is 2.52 bits per heavy atom. The van der Waals surface area contributed by atoms with E-state index in [4.69, 9.17) is 4.74 Å². The SMILES string of the molecule is COc1ccc(C(NC(=O)C2CC=CCC2)C(=O)O)cc1. The van der Waals surface area contributed by atoms with Crippen LogP contribution in [0.25, 0.3) is 0 Å². The third-order valence-electron chi connectivity index (χ3n) is 3.62. The maximum atomic E-state index is 12.2. The second-order valence-electron chi connectivity index (χ2n) is 5.03. The summed E-state index contributed by atoms with van der Waals surface area (Å²) in [7, 11) is 1.54. The molecule has 0 aliphatic heterocycles. The highest BCUT2D eigenvalue weighted by Crippen LogP contribution is 2.22. The van der Waals surface area contributed by atoms with Gasteiger partial charge in [0.15, 0.2) is 6.04 Å². The van der Waals surface area contributed by atoms with Gasteiger partial charge in [-0.1, -0.05) is 24.3 Å². The van der Waals surface area contributed by atoms with Crippen molar-refractivity contribution in [3.05, 3.63) is 42.0 Å². The van der Waals surface area contributed by atoms with Crippen molar-refractivity contribution < 1.29 is 19.4 Å². The Morgan fingerprint density at radius 2 is 2.00 bits per heavy atom. The van der Waals surface area contributed by atoms with Gasteiger partial charge < -0.3 is 15.2 Å². The Balaban J connectivity index is 2.09. The smallest absolute Gasteiger partial charge is 0.330 e. The molecule has 5 nitrogen and oxygen atoms in total. The fourth-order valence-corrected chi connectivity index (χ4v) is 2.38. The highest BCUT2D eigenvalue weighted by atomic mass is 16.5. The number of amides is 1. The van der Waals surface area contributed by atoms with Crippen LogP contribution in [0.3, 0.4) is 0 Å². The first-order valence-corrected chi connectivity index (χ1v) is 6.94. The van der Waals surface area contributed by atoms with Gasteiger partial charge in [0.05, 0.1) is 7.11 Å².